The molecule has 0 atom stereocenters. The molecule has 1 N–H and O–H groups in total. The molecule has 21 heavy (non-hydrogen) atoms. The van der Waals surface area contributed by atoms with Crippen LogP contribution in [0.3, 0.4) is 0 Å². The van der Waals surface area contributed by atoms with E-state index in [0.29, 0.717) is 26.2 Å². The van der Waals surface area contributed by atoms with Crippen molar-refractivity contribution in [3.8, 4) is 0 Å². The van der Waals surface area contributed by atoms with Crippen LogP contribution in [-0.2, 0) is 9.53 Å². The molecule has 1 aliphatic carbocycles. The number of carbonyl (C=O) groups excluding carboxylic acids is 2. The Labute approximate surface area is 126 Å². The lowest BCUT2D eigenvalue weighted by Gasteiger charge is -2.26. The summed E-state index contributed by atoms with van der Waals surface area (Å²) in [5.74, 6) is 0.533. The van der Waals surface area contributed by atoms with Crippen LogP contribution in [0.15, 0.2) is 0 Å². The lowest BCUT2D eigenvalue weighted by molar-refractivity contribution is -0.132. The van der Waals surface area contributed by atoms with Gasteiger partial charge < -0.3 is 19.9 Å². The van der Waals surface area contributed by atoms with Crippen molar-refractivity contribution in [1.82, 2.24) is 15.1 Å². The second kappa shape index (κ2) is 6.64. The van der Waals surface area contributed by atoms with Crippen molar-refractivity contribution in [3.05, 3.63) is 0 Å². The van der Waals surface area contributed by atoms with Crippen LogP contribution in [0, 0.1) is 5.92 Å². The third kappa shape index (κ3) is 4.59. The Morgan fingerprint density at radius 1 is 1.14 bits per heavy atom. The monoisotopic (exact) mass is 297 g/mol. The fourth-order valence-electron chi connectivity index (χ4n) is 2.40. The molecule has 2 aliphatic rings. The molecular formula is C15H27N3O3. The highest BCUT2D eigenvalue weighted by molar-refractivity contribution is 5.81. The molecule has 0 aromatic heterocycles. The van der Waals surface area contributed by atoms with Crippen LogP contribution in [-0.4, -0.2) is 67.2 Å². The van der Waals surface area contributed by atoms with Crippen molar-refractivity contribution in [2.45, 2.75) is 38.7 Å². The standard InChI is InChI=1S/C15H27N3O3/c1-15(2,21-3)11-16-14(20)18-8-4-7-17(9-10-18)13(19)12-5-6-12/h12H,4-11H2,1-3H3,(H,16,20). The first-order valence-corrected chi connectivity index (χ1v) is 7.80. The number of nitrogens with zero attached hydrogens (tertiary/aromatic N) is 2. The molecule has 0 aromatic rings. The second-order valence-corrected chi connectivity index (χ2v) is 6.56. The van der Waals surface area contributed by atoms with E-state index in [4.69, 9.17) is 4.74 Å². The molecule has 0 unspecified atom stereocenters. The highest BCUT2D eigenvalue weighted by atomic mass is 16.5. The molecule has 3 amide bonds. The minimum Gasteiger partial charge on any atom is -0.377 e. The zero-order valence-electron chi connectivity index (χ0n) is 13.4. The van der Waals surface area contributed by atoms with Crippen LogP contribution in [0.4, 0.5) is 4.79 Å². The second-order valence-electron chi connectivity index (χ2n) is 6.56. The quantitative estimate of drug-likeness (QED) is 0.844. The minimum absolute atomic E-state index is 0.0687. The Balaban J connectivity index is 1.79. The SMILES string of the molecule is COC(C)(C)CNC(=O)N1CCCN(C(=O)C2CC2)CC1. The van der Waals surface area contributed by atoms with E-state index in [1.807, 2.05) is 18.7 Å². The van der Waals surface area contributed by atoms with Gasteiger partial charge in [0.2, 0.25) is 5.91 Å². The number of methoxy groups -OCH3 is 1. The lowest BCUT2D eigenvalue weighted by atomic mass is 10.1. The third-order valence-electron chi connectivity index (χ3n) is 4.24. The lowest BCUT2D eigenvalue weighted by Crippen LogP contribution is -2.47. The summed E-state index contributed by atoms with van der Waals surface area (Å²) in [5.41, 5.74) is -0.366. The van der Waals surface area contributed by atoms with E-state index in [0.717, 1.165) is 25.8 Å². The van der Waals surface area contributed by atoms with Crippen LogP contribution in [0.2, 0.25) is 0 Å². The van der Waals surface area contributed by atoms with Crippen LogP contribution in [0.25, 0.3) is 0 Å². The van der Waals surface area contributed by atoms with E-state index in [2.05, 4.69) is 5.32 Å². The Bertz CT molecular complexity index is 394. The fourth-order valence-corrected chi connectivity index (χ4v) is 2.40. The number of urea groups is 1. The van der Waals surface area contributed by atoms with E-state index in [9.17, 15) is 9.59 Å². The van der Waals surface area contributed by atoms with Gasteiger partial charge in [0.15, 0.2) is 0 Å². The average Bonchev–Trinajstić information content (AvgIpc) is 3.29. The molecule has 0 aromatic carbocycles. The number of carbonyl (C=O) groups is 2. The molecule has 2 rings (SSSR count). The van der Waals surface area contributed by atoms with Crippen LogP contribution < -0.4 is 5.32 Å². The maximum Gasteiger partial charge on any atom is 0.317 e. The summed E-state index contributed by atoms with van der Waals surface area (Å²) in [6.45, 7) is 7.07. The van der Waals surface area contributed by atoms with Crippen molar-refractivity contribution in [3.63, 3.8) is 0 Å². The van der Waals surface area contributed by atoms with Crippen molar-refractivity contribution < 1.29 is 14.3 Å². The highest BCUT2D eigenvalue weighted by Gasteiger charge is 2.34. The van der Waals surface area contributed by atoms with Gasteiger partial charge in [0.1, 0.15) is 0 Å². The van der Waals surface area contributed by atoms with Gasteiger partial charge in [-0.2, -0.15) is 0 Å². The van der Waals surface area contributed by atoms with Crippen molar-refractivity contribution in [1.29, 1.82) is 0 Å². The Kier molecular flexibility index (Phi) is 5.08. The first kappa shape index (κ1) is 16.1. The fraction of sp³-hybridized carbons (Fsp3) is 0.867. The van der Waals surface area contributed by atoms with Crippen molar-refractivity contribution in [2.75, 3.05) is 39.8 Å². The number of nitrogens with one attached hydrogen (secondary N) is 1. The maximum atomic E-state index is 12.2. The molecule has 1 aliphatic heterocycles. The predicted octanol–water partition coefficient (Wildman–Crippen LogP) is 1.07. The summed E-state index contributed by atoms with van der Waals surface area (Å²) in [6, 6.07) is -0.0687. The van der Waals surface area contributed by atoms with Gasteiger partial charge in [-0.25, -0.2) is 4.79 Å². The molecule has 0 bridgehead atoms. The molecule has 2 fully saturated rings. The third-order valence-corrected chi connectivity index (χ3v) is 4.24. The van der Waals surface area contributed by atoms with Crippen LogP contribution in [0.5, 0.6) is 0 Å². The zero-order valence-corrected chi connectivity index (χ0v) is 13.4. The van der Waals surface area contributed by atoms with E-state index in [1.54, 1.807) is 12.0 Å². The van der Waals surface area contributed by atoms with Gasteiger partial charge in [0.05, 0.1) is 5.60 Å². The molecule has 6 heteroatoms. The summed E-state index contributed by atoms with van der Waals surface area (Å²) < 4.78 is 5.30. The van der Waals surface area contributed by atoms with E-state index in [-0.39, 0.29) is 23.5 Å². The minimum atomic E-state index is -0.366. The molecule has 0 spiro atoms. The van der Waals surface area contributed by atoms with Gasteiger partial charge in [-0.05, 0) is 33.1 Å². The summed E-state index contributed by atoms with van der Waals surface area (Å²) in [4.78, 5) is 28.0. The largest absolute Gasteiger partial charge is 0.377 e. The van der Waals surface area contributed by atoms with Gasteiger partial charge in [-0.15, -0.1) is 0 Å². The maximum absolute atomic E-state index is 12.2. The molecule has 0 radical (unpaired) electrons. The highest BCUT2D eigenvalue weighted by Crippen LogP contribution is 2.31. The number of hydrogen-bond donors (Lipinski definition) is 1. The summed E-state index contributed by atoms with van der Waals surface area (Å²) in [6.07, 6.45) is 2.91. The topological polar surface area (TPSA) is 61.9 Å². The number of ether oxygens (including phenoxy) is 1. The van der Waals surface area contributed by atoms with Crippen molar-refractivity contribution >= 4 is 11.9 Å². The Hall–Kier alpha value is -1.30. The molecule has 1 heterocycles. The Morgan fingerprint density at radius 2 is 1.76 bits per heavy atom. The molecule has 120 valence electrons. The van der Waals surface area contributed by atoms with E-state index >= 15 is 0 Å². The number of rotatable bonds is 4. The van der Waals surface area contributed by atoms with E-state index < -0.39 is 0 Å². The van der Waals surface area contributed by atoms with Crippen LogP contribution >= 0.6 is 0 Å². The first-order chi connectivity index (χ1) is 9.93. The van der Waals surface area contributed by atoms with Gasteiger partial charge >= 0.3 is 6.03 Å². The first-order valence-electron chi connectivity index (χ1n) is 7.80. The molecule has 1 saturated heterocycles. The number of hydrogen-bond acceptors (Lipinski definition) is 3. The number of amides is 3. The predicted molar refractivity (Wildman–Crippen MR) is 80.0 cm³/mol. The summed E-state index contributed by atoms with van der Waals surface area (Å²) in [7, 11) is 1.64. The smallest absolute Gasteiger partial charge is 0.317 e. The van der Waals surface area contributed by atoms with Crippen LogP contribution in [0.1, 0.15) is 33.1 Å². The van der Waals surface area contributed by atoms with Gasteiger partial charge in [-0.3, -0.25) is 4.79 Å². The molecule has 1 saturated carbocycles. The molecular weight excluding hydrogens is 270 g/mol. The van der Waals surface area contributed by atoms with Gasteiger partial charge in [-0.1, -0.05) is 0 Å². The van der Waals surface area contributed by atoms with Gasteiger partial charge in [0, 0.05) is 45.8 Å². The zero-order chi connectivity index (χ0) is 15.5. The average molecular weight is 297 g/mol. The molecule has 6 nitrogen and oxygen atoms in total. The summed E-state index contributed by atoms with van der Waals surface area (Å²) >= 11 is 0. The van der Waals surface area contributed by atoms with Crippen molar-refractivity contribution in [2.24, 2.45) is 5.92 Å². The Morgan fingerprint density at radius 3 is 2.38 bits per heavy atom. The van der Waals surface area contributed by atoms with Gasteiger partial charge in [0.25, 0.3) is 0 Å². The van der Waals surface area contributed by atoms with E-state index in [1.165, 1.54) is 0 Å². The normalized spacial score (nSPS) is 20.1. The summed E-state index contributed by atoms with van der Waals surface area (Å²) in [5, 5.41) is 2.91.